The molecule has 0 fully saturated rings. The van der Waals surface area contributed by atoms with Gasteiger partial charge in [0.25, 0.3) is 0 Å². The molecule has 0 aromatic heterocycles. The van der Waals surface area contributed by atoms with E-state index in [9.17, 15) is 4.79 Å². The van der Waals surface area contributed by atoms with E-state index in [0.29, 0.717) is 17.3 Å². The third-order valence-corrected chi connectivity index (χ3v) is 4.52. The van der Waals surface area contributed by atoms with Crippen molar-refractivity contribution in [2.24, 2.45) is 0 Å². The number of carbonyl (C=O) groups is 1. The second-order valence-corrected chi connectivity index (χ2v) is 6.07. The van der Waals surface area contributed by atoms with E-state index < -0.39 is 0 Å². The van der Waals surface area contributed by atoms with E-state index in [1.807, 2.05) is 49.4 Å². The highest BCUT2D eigenvalue weighted by atomic mass is 35.5. The van der Waals surface area contributed by atoms with Crippen LogP contribution in [-0.2, 0) is 11.3 Å². The van der Waals surface area contributed by atoms with E-state index in [0.717, 1.165) is 21.7 Å². The van der Waals surface area contributed by atoms with Crippen molar-refractivity contribution in [2.75, 3.05) is 11.5 Å². The zero-order valence-corrected chi connectivity index (χ0v) is 13.3. The number of nitrogen functional groups attached to an aromatic ring is 1. The Labute approximate surface area is 133 Å². The first kappa shape index (κ1) is 15.7. The van der Waals surface area contributed by atoms with Crippen molar-refractivity contribution >= 4 is 35.0 Å². The molecule has 2 aromatic rings. The minimum atomic E-state index is -0.0409. The molecule has 5 heteroatoms. The fourth-order valence-electron chi connectivity index (χ4n) is 1.81. The van der Waals surface area contributed by atoms with Gasteiger partial charge in [-0.3, -0.25) is 4.79 Å². The standard InChI is InChI=1S/C16H17ClN2OS/c1-11-5-4-8-14(16(11)18)21-10-15(20)19-9-12-6-2-3-7-13(12)17/h2-8H,9-10,18H2,1H3,(H,19,20). The number of halogens is 1. The second kappa shape index (κ2) is 7.38. The van der Waals surface area contributed by atoms with Gasteiger partial charge >= 0.3 is 0 Å². The summed E-state index contributed by atoms with van der Waals surface area (Å²) >= 11 is 7.48. The number of nitrogens with one attached hydrogen (secondary N) is 1. The number of hydrogen-bond acceptors (Lipinski definition) is 3. The molecule has 0 heterocycles. The van der Waals surface area contributed by atoms with E-state index in [1.165, 1.54) is 11.8 Å². The van der Waals surface area contributed by atoms with E-state index in [2.05, 4.69) is 5.32 Å². The summed E-state index contributed by atoms with van der Waals surface area (Å²) in [7, 11) is 0. The van der Waals surface area contributed by atoms with Gasteiger partial charge < -0.3 is 11.1 Å². The third-order valence-electron chi connectivity index (χ3n) is 3.08. The van der Waals surface area contributed by atoms with Crippen LogP contribution in [0.15, 0.2) is 47.4 Å². The van der Waals surface area contributed by atoms with Crippen molar-refractivity contribution in [1.82, 2.24) is 5.32 Å². The van der Waals surface area contributed by atoms with Gasteiger partial charge in [-0.05, 0) is 30.2 Å². The van der Waals surface area contributed by atoms with Crippen molar-refractivity contribution in [3.05, 3.63) is 58.6 Å². The van der Waals surface area contributed by atoms with Gasteiger partial charge in [0.05, 0.1) is 5.75 Å². The molecule has 3 N–H and O–H groups in total. The second-order valence-electron chi connectivity index (χ2n) is 4.64. The zero-order chi connectivity index (χ0) is 15.2. The monoisotopic (exact) mass is 320 g/mol. The van der Waals surface area contributed by atoms with E-state index in [4.69, 9.17) is 17.3 Å². The summed E-state index contributed by atoms with van der Waals surface area (Å²) in [6.07, 6.45) is 0. The number of nitrogens with two attached hydrogens (primary N) is 1. The lowest BCUT2D eigenvalue weighted by molar-refractivity contribution is -0.118. The summed E-state index contributed by atoms with van der Waals surface area (Å²) < 4.78 is 0. The highest BCUT2D eigenvalue weighted by molar-refractivity contribution is 8.00. The molecule has 2 rings (SSSR count). The number of thioether (sulfide) groups is 1. The van der Waals surface area contributed by atoms with Gasteiger partial charge in [0.1, 0.15) is 0 Å². The molecule has 0 saturated heterocycles. The van der Waals surface area contributed by atoms with Crippen LogP contribution in [0, 0.1) is 6.92 Å². The molecule has 0 unspecified atom stereocenters. The third kappa shape index (κ3) is 4.41. The lowest BCUT2D eigenvalue weighted by atomic mass is 10.2. The molecule has 0 aliphatic heterocycles. The summed E-state index contributed by atoms with van der Waals surface area (Å²) in [6, 6.07) is 13.3. The minimum Gasteiger partial charge on any atom is -0.398 e. The number of aryl methyl sites for hydroxylation is 1. The fraction of sp³-hybridized carbons (Fsp3) is 0.188. The van der Waals surface area contributed by atoms with Crippen LogP contribution in [0.1, 0.15) is 11.1 Å². The van der Waals surface area contributed by atoms with Crippen LogP contribution in [0.2, 0.25) is 5.02 Å². The number of amides is 1. The molecule has 0 saturated carbocycles. The molecule has 0 spiro atoms. The molecule has 21 heavy (non-hydrogen) atoms. The van der Waals surface area contributed by atoms with Gasteiger partial charge in [0, 0.05) is 22.2 Å². The van der Waals surface area contributed by atoms with Gasteiger partial charge in [-0.2, -0.15) is 0 Å². The molecule has 0 bridgehead atoms. The smallest absolute Gasteiger partial charge is 0.230 e. The van der Waals surface area contributed by atoms with Crippen LogP contribution in [0.3, 0.4) is 0 Å². The number of para-hydroxylation sites is 1. The lowest BCUT2D eigenvalue weighted by Gasteiger charge is -2.09. The summed E-state index contributed by atoms with van der Waals surface area (Å²) in [5.41, 5.74) is 8.66. The SMILES string of the molecule is Cc1cccc(SCC(=O)NCc2ccccc2Cl)c1N. The van der Waals surface area contributed by atoms with Crippen LogP contribution >= 0.6 is 23.4 Å². The molecule has 2 aromatic carbocycles. The number of anilines is 1. The summed E-state index contributed by atoms with van der Waals surface area (Å²) in [4.78, 5) is 12.8. The average molecular weight is 321 g/mol. The maximum Gasteiger partial charge on any atom is 0.230 e. The van der Waals surface area contributed by atoms with Crippen LogP contribution in [0.4, 0.5) is 5.69 Å². The molecule has 110 valence electrons. The molecule has 0 aliphatic rings. The van der Waals surface area contributed by atoms with Crippen LogP contribution in [0.25, 0.3) is 0 Å². The number of hydrogen-bond donors (Lipinski definition) is 2. The van der Waals surface area contributed by atoms with Crippen molar-refractivity contribution < 1.29 is 4.79 Å². The first-order valence-corrected chi connectivity index (χ1v) is 7.92. The summed E-state index contributed by atoms with van der Waals surface area (Å²) in [5.74, 6) is 0.291. The van der Waals surface area contributed by atoms with Crippen molar-refractivity contribution in [3.8, 4) is 0 Å². The predicted octanol–water partition coefficient (Wildman–Crippen LogP) is 3.64. The zero-order valence-electron chi connectivity index (χ0n) is 11.7. The Kier molecular flexibility index (Phi) is 5.53. The summed E-state index contributed by atoms with van der Waals surface area (Å²) in [5, 5.41) is 3.52. The van der Waals surface area contributed by atoms with E-state index in [-0.39, 0.29) is 5.91 Å². The summed E-state index contributed by atoms with van der Waals surface area (Å²) in [6.45, 7) is 2.39. The normalized spacial score (nSPS) is 10.4. The Morgan fingerprint density at radius 3 is 2.76 bits per heavy atom. The van der Waals surface area contributed by atoms with E-state index in [1.54, 1.807) is 0 Å². The average Bonchev–Trinajstić information content (AvgIpc) is 2.48. The molecule has 0 radical (unpaired) electrons. The van der Waals surface area contributed by atoms with Crippen LogP contribution in [0.5, 0.6) is 0 Å². The largest absolute Gasteiger partial charge is 0.398 e. The lowest BCUT2D eigenvalue weighted by Crippen LogP contribution is -2.24. The first-order valence-electron chi connectivity index (χ1n) is 6.56. The Morgan fingerprint density at radius 2 is 2.00 bits per heavy atom. The minimum absolute atomic E-state index is 0.0409. The maximum atomic E-state index is 11.9. The fourth-order valence-corrected chi connectivity index (χ4v) is 2.89. The van der Waals surface area contributed by atoms with Gasteiger partial charge in [-0.25, -0.2) is 0 Å². The van der Waals surface area contributed by atoms with Gasteiger partial charge in [0.15, 0.2) is 0 Å². The van der Waals surface area contributed by atoms with Crippen molar-refractivity contribution in [2.45, 2.75) is 18.4 Å². The molecular formula is C16H17ClN2OS. The topological polar surface area (TPSA) is 55.1 Å². The maximum absolute atomic E-state index is 11.9. The molecule has 0 aliphatic carbocycles. The first-order chi connectivity index (χ1) is 10.1. The number of carbonyl (C=O) groups excluding carboxylic acids is 1. The van der Waals surface area contributed by atoms with E-state index >= 15 is 0 Å². The quantitative estimate of drug-likeness (QED) is 0.653. The Morgan fingerprint density at radius 1 is 1.24 bits per heavy atom. The highest BCUT2D eigenvalue weighted by Crippen LogP contribution is 2.27. The molecule has 0 atom stereocenters. The molecule has 1 amide bonds. The number of rotatable bonds is 5. The number of benzene rings is 2. The predicted molar refractivity (Wildman–Crippen MR) is 89.6 cm³/mol. The Balaban J connectivity index is 1.85. The van der Waals surface area contributed by atoms with Crippen LogP contribution < -0.4 is 11.1 Å². The molecular weight excluding hydrogens is 304 g/mol. The highest BCUT2D eigenvalue weighted by Gasteiger charge is 2.07. The molecule has 3 nitrogen and oxygen atoms in total. The van der Waals surface area contributed by atoms with Gasteiger partial charge in [0.2, 0.25) is 5.91 Å². The Bertz CT molecular complexity index is 646. The Hall–Kier alpha value is -1.65. The van der Waals surface area contributed by atoms with Crippen molar-refractivity contribution in [1.29, 1.82) is 0 Å². The van der Waals surface area contributed by atoms with Gasteiger partial charge in [-0.1, -0.05) is 41.9 Å². The van der Waals surface area contributed by atoms with Crippen LogP contribution in [-0.4, -0.2) is 11.7 Å². The van der Waals surface area contributed by atoms with Crippen molar-refractivity contribution in [3.63, 3.8) is 0 Å². The van der Waals surface area contributed by atoms with Gasteiger partial charge in [-0.15, -0.1) is 11.8 Å².